The van der Waals surface area contributed by atoms with E-state index < -0.39 is 10.0 Å². The second-order valence-electron chi connectivity index (χ2n) is 3.66. The van der Waals surface area contributed by atoms with Crippen LogP contribution in [0.15, 0.2) is 38.3 Å². The number of nitrogens with zero attached hydrogens (tertiary/aromatic N) is 1. The van der Waals surface area contributed by atoms with Gasteiger partial charge in [-0.25, -0.2) is 8.42 Å². The number of ether oxygens (including phenoxy) is 1. The van der Waals surface area contributed by atoms with Gasteiger partial charge < -0.3 is 4.74 Å². The zero-order chi connectivity index (χ0) is 14.8. The van der Waals surface area contributed by atoms with E-state index in [1.165, 1.54) is 19.2 Å². The van der Waals surface area contributed by atoms with Gasteiger partial charge >= 0.3 is 0 Å². The van der Waals surface area contributed by atoms with Crippen molar-refractivity contribution in [3.05, 3.63) is 39.7 Å². The standard InChI is InChI=1S/C12H9BrN2O3S2/c1-18-9-4-2-3-8(7-14)12(9)15-20(16,17)11-6-5-10(13)19-11/h2-6,15H,1H3. The van der Waals surface area contributed by atoms with Crippen LogP contribution >= 0.6 is 27.3 Å². The quantitative estimate of drug-likeness (QED) is 0.893. The van der Waals surface area contributed by atoms with Gasteiger partial charge in [0, 0.05) is 0 Å². The smallest absolute Gasteiger partial charge is 0.271 e. The lowest BCUT2D eigenvalue weighted by Crippen LogP contribution is -2.13. The summed E-state index contributed by atoms with van der Waals surface area (Å²) in [5.74, 6) is 0.295. The first-order valence-corrected chi connectivity index (χ1v) is 8.42. The van der Waals surface area contributed by atoms with E-state index in [4.69, 9.17) is 10.00 Å². The van der Waals surface area contributed by atoms with Crippen LogP contribution in [0.3, 0.4) is 0 Å². The molecule has 1 heterocycles. The molecular formula is C12H9BrN2O3S2. The number of halogens is 1. The van der Waals surface area contributed by atoms with Crippen LogP contribution in [-0.4, -0.2) is 15.5 Å². The van der Waals surface area contributed by atoms with E-state index in [1.807, 2.05) is 6.07 Å². The predicted octanol–water partition coefficient (Wildman–Crippen LogP) is 3.19. The maximum Gasteiger partial charge on any atom is 0.271 e. The zero-order valence-corrected chi connectivity index (χ0v) is 13.5. The van der Waals surface area contributed by atoms with Gasteiger partial charge in [0.05, 0.1) is 16.5 Å². The number of nitriles is 1. The maximum atomic E-state index is 12.3. The van der Waals surface area contributed by atoms with Crippen molar-refractivity contribution in [2.45, 2.75) is 4.21 Å². The molecule has 1 N–H and O–H groups in total. The summed E-state index contributed by atoms with van der Waals surface area (Å²) in [6, 6.07) is 9.79. The molecule has 0 atom stereocenters. The molecule has 2 rings (SSSR count). The van der Waals surface area contributed by atoms with Crippen LogP contribution in [0.5, 0.6) is 5.75 Å². The van der Waals surface area contributed by atoms with Gasteiger partial charge in [-0.15, -0.1) is 11.3 Å². The SMILES string of the molecule is COc1cccc(C#N)c1NS(=O)(=O)c1ccc(Br)s1. The summed E-state index contributed by atoms with van der Waals surface area (Å²) in [7, 11) is -2.34. The topological polar surface area (TPSA) is 79.2 Å². The largest absolute Gasteiger partial charge is 0.495 e. The Morgan fingerprint density at radius 3 is 2.65 bits per heavy atom. The van der Waals surface area contributed by atoms with Crippen molar-refractivity contribution in [2.24, 2.45) is 0 Å². The predicted molar refractivity (Wildman–Crippen MR) is 80.5 cm³/mol. The van der Waals surface area contributed by atoms with Gasteiger partial charge in [-0.2, -0.15) is 5.26 Å². The first-order valence-electron chi connectivity index (χ1n) is 5.33. The van der Waals surface area contributed by atoms with Gasteiger partial charge in [0.2, 0.25) is 0 Å². The summed E-state index contributed by atoms with van der Waals surface area (Å²) in [4.78, 5) is 0. The van der Waals surface area contributed by atoms with Gasteiger partial charge in [-0.1, -0.05) is 6.07 Å². The molecular weight excluding hydrogens is 364 g/mol. The summed E-state index contributed by atoms with van der Waals surface area (Å²) < 4.78 is 32.9. The molecule has 0 saturated heterocycles. The summed E-state index contributed by atoms with van der Waals surface area (Å²) in [6.07, 6.45) is 0. The van der Waals surface area contributed by atoms with E-state index >= 15 is 0 Å². The average molecular weight is 373 g/mol. The number of methoxy groups -OCH3 is 1. The van der Waals surface area contributed by atoms with Gasteiger partial charge in [0.25, 0.3) is 10.0 Å². The van der Waals surface area contributed by atoms with Crippen LogP contribution in [0.2, 0.25) is 0 Å². The molecule has 8 heteroatoms. The first kappa shape index (κ1) is 14.8. The van der Waals surface area contributed by atoms with Gasteiger partial charge in [0.1, 0.15) is 21.7 Å². The average Bonchev–Trinajstić information content (AvgIpc) is 2.86. The lowest BCUT2D eigenvalue weighted by molar-refractivity contribution is 0.417. The molecule has 20 heavy (non-hydrogen) atoms. The maximum absolute atomic E-state index is 12.3. The van der Waals surface area contributed by atoms with Crippen LogP contribution < -0.4 is 9.46 Å². The van der Waals surface area contributed by atoms with E-state index in [9.17, 15) is 8.42 Å². The van der Waals surface area contributed by atoms with Gasteiger partial charge in [-0.3, -0.25) is 4.72 Å². The van der Waals surface area contributed by atoms with E-state index in [0.29, 0.717) is 9.54 Å². The molecule has 104 valence electrons. The third-order valence-electron chi connectivity index (χ3n) is 2.42. The van der Waals surface area contributed by atoms with Crippen molar-refractivity contribution in [2.75, 3.05) is 11.8 Å². The Hall–Kier alpha value is -1.56. The molecule has 0 unspecified atom stereocenters. The molecule has 5 nitrogen and oxygen atoms in total. The molecule has 0 bridgehead atoms. The highest BCUT2D eigenvalue weighted by atomic mass is 79.9. The number of rotatable bonds is 4. The first-order chi connectivity index (χ1) is 9.47. The lowest BCUT2D eigenvalue weighted by Gasteiger charge is -2.12. The fourth-order valence-electron chi connectivity index (χ4n) is 1.53. The number of sulfonamides is 1. The van der Waals surface area contributed by atoms with Crippen LogP contribution in [0.4, 0.5) is 5.69 Å². The third kappa shape index (κ3) is 2.95. The number of hydrogen-bond donors (Lipinski definition) is 1. The van der Waals surface area contributed by atoms with Gasteiger partial charge in [-0.05, 0) is 40.2 Å². The number of benzene rings is 1. The number of thiophene rings is 1. The minimum absolute atomic E-state index is 0.141. The highest BCUT2D eigenvalue weighted by molar-refractivity contribution is 9.11. The molecule has 0 saturated carbocycles. The molecule has 0 aliphatic rings. The Bertz CT molecular complexity index is 778. The Morgan fingerprint density at radius 1 is 1.35 bits per heavy atom. The normalized spacial score (nSPS) is 10.8. The van der Waals surface area contributed by atoms with Crippen molar-refractivity contribution in [3.8, 4) is 11.8 Å². The molecule has 0 radical (unpaired) electrons. The Balaban J connectivity index is 2.47. The van der Waals surface area contributed by atoms with E-state index in [2.05, 4.69) is 20.7 Å². The van der Waals surface area contributed by atoms with Gasteiger partial charge in [0.15, 0.2) is 0 Å². The van der Waals surface area contributed by atoms with Crippen molar-refractivity contribution in [3.63, 3.8) is 0 Å². The molecule has 0 spiro atoms. The summed E-state index contributed by atoms with van der Waals surface area (Å²) >= 11 is 4.30. The Kier molecular flexibility index (Phi) is 4.32. The molecule has 0 fully saturated rings. The van der Waals surface area contributed by atoms with Crippen molar-refractivity contribution in [1.29, 1.82) is 5.26 Å². The number of nitrogens with one attached hydrogen (secondary N) is 1. The monoisotopic (exact) mass is 372 g/mol. The third-order valence-corrected chi connectivity index (χ3v) is 5.88. The summed E-state index contributed by atoms with van der Waals surface area (Å²) in [5, 5.41) is 9.06. The highest BCUT2D eigenvalue weighted by Gasteiger charge is 2.20. The Morgan fingerprint density at radius 2 is 2.10 bits per heavy atom. The zero-order valence-electron chi connectivity index (χ0n) is 10.3. The van der Waals surface area contributed by atoms with E-state index in [0.717, 1.165) is 11.3 Å². The molecule has 0 amide bonds. The number of para-hydroxylation sites is 1. The second kappa shape index (κ2) is 5.83. The number of anilines is 1. The number of hydrogen-bond acceptors (Lipinski definition) is 5. The Labute approximate surface area is 129 Å². The van der Waals surface area contributed by atoms with Crippen molar-refractivity contribution >= 4 is 43.0 Å². The molecule has 1 aromatic heterocycles. The van der Waals surface area contributed by atoms with Crippen LogP contribution in [0.25, 0.3) is 0 Å². The van der Waals surface area contributed by atoms with E-state index in [-0.39, 0.29) is 15.5 Å². The van der Waals surface area contributed by atoms with E-state index in [1.54, 1.807) is 18.2 Å². The fourth-order valence-corrected chi connectivity index (χ4v) is 4.63. The molecule has 1 aromatic carbocycles. The van der Waals surface area contributed by atoms with Crippen LogP contribution in [0.1, 0.15) is 5.56 Å². The van der Waals surface area contributed by atoms with Crippen molar-refractivity contribution < 1.29 is 13.2 Å². The summed E-state index contributed by atoms with van der Waals surface area (Å²) in [6.45, 7) is 0. The minimum Gasteiger partial charge on any atom is -0.495 e. The fraction of sp³-hybridized carbons (Fsp3) is 0.0833. The van der Waals surface area contributed by atoms with Crippen LogP contribution in [-0.2, 0) is 10.0 Å². The second-order valence-corrected chi connectivity index (χ2v) is 8.03. The molecule has 2 aromatic rings. The molecule has 0 aliphatic carbocycles. The van der Waals surface area contributed by atoms with Crippen LogP contribution in [0, 0.1) is 11.3 Å². The molecule has 0 aliphatic heterocycles. The van der Waals surface area contributed by atoms with Crippen molar-refractivity contribution in [1.82, 2.24) is 0 Å². The lowest BCUT2D eigenvalue weighted by atomic mass is 10.2. The minimum atomic E-state index is -3.75. The highest BCUT2D eigenvalue weighted by Crippen LogP contribution is 2.32. The summed E-state index contributed by atoms with van der Waals surface area (Å²) in [5.41, 5.74) is 0.338.